The molecule has 1 aromatic carbocycles. The number of halogens is 2. The lowest BCUT2D eigenvalue weighted by Gasteiger charge is -2.35. The first-order chi connectivity index (χ1) is 8.74. The summed E-state index contributed by atoms with van der Waals surface area (Å²) in [6, 6.07) is 4.96. The molecule has 0 amide bonds. The molecule has 0 unspecified atom stereocenters. The molecule has 1 aliphatic heterocycles. The van der Waals surface area contributed by atoms with Crippen LogP contribution in [0.1, 0.15) is 18.0 Å². The zero-order chi connectivity index (χ0) is 13.0. The number of aliphatic hydroxyl groups excluding tert-OH is 1. The second kappa shape index (κ2) is 6.61. The van der Waals surface area contributed by atoms with Gasteiger partial charge in [0.25, 0.3) is 0 Å². The molecule has 1 heterocycles. The lowest BCUT2D eigenvalue weighted by molar-refractivity contribution is 0.138. The van der Waals surface area contributed by atoms with E-state index in [1.54, 1.807) is 6.07 Å². The fourth-order valence-electron chi connectivity index (χ4n) is 2.45. The summed E-state index contributed by atoms with van der Waals surface area (Å²) in [6.07, 6.45) is 0.555. The fourth-order valence-corrected chi connectivity index (χ4v) is 3.06. The average molecular weight is 317 g/mol. The predicted molar refractivity (Wildman–Crippen MR) is 73.0 cm³/mol. The minimum Gasteiger partial charge on any atom is -0.396 e. The third kappa shape index (κ3) is 3.09. The lowest BCUT2D eigenvalue weighted by atomic mass is 10.0. The van der Waals surface area contributed by atoms with Crippen molar-refractivity contribution in [1.82, 2.24) is 10.2 Å². The van der Waals surface area contributed by atoms with E-state index in [4.69, 9.17) is 0 Å². The topological polar surface area (TPSA) is 35.5 Å². The molecule has 18 heavy (non-hydrogen) atoms. The third-order valence-electron chi connectivity index (χ3n) is 3.33. The highest BCUT2D eigenvalue weighted by molar-refractivity contribution is 9.10. The maximum Gasteiger partial charge on any atom is 0.129 e. The molecular formula is C13H18BrFN2O. The molecule has 5 heteroatoms. The number of piperazine rings is 1. The SMILES string of the molecule is OCC[C@@H](c1c(F)cccc1Br)N1CCNCC1. The largest absolute Gasteiger partial charge is 0.396 e. The van der Waals surface area contributed by atoms with E-state index in [1.807, 2.05) is 6.07 Å². The first-order valence-corrected chi connectivity index (χ1v) is 7.03. The minimum atomic E-state index is -0.207. The summed E-state index contributed by atoms with van der Waals surface area (Å²) in [7, 11) is 0. The van der Waals surface area contributed by atoms with Gasteiger partial charge in [0.05, 0.1) is 0 Å². The molecule has 1 saturated heterocycles. The number of aliphatic hydroxyl groups is 1. The summed E-state index contributed by atoms with van der Waals surface area (Å²) in [5.41, 5.74) is 0.661. The second-order valence-electron chi connectivity index (χ2n) is 4.45. The smallest absolute Gasteiger partial charge is 0.129 e. The number of benzene rings is 1. The molecular weight excluding hydrogens is 299 g/mol. The van der Waals surface area contributed by atoms with E-state index in [9.17, 15) is 9.50 Å². The van der Waals surface area contributed by atoms with Gasteiger partial charge >= 0.3 is 0 Å². The quantitative estimate of drug-likeness (QED) is 0.891. The third-order valence-corrected chi connectivity index (χ3v) is 4.02. The number of nitrogens with one attached hydrogen (secondary N) is 1. The van der Waals surface area contributed by atoms with Gasteiger partial charge in [-0.05, 0) is 18.6 Å². The Balaban J connectivity index is 2.28. The van der Waals surface area contributed by atoms with E-state index >= 15 is 0 Å². The van der Waals surface area contributed by atoms with Gasteiger partial charge in [0.2, 0.25) is 0 Å². The van der Waals surface area contributed by atoms with Crippen LogP contribution >= 0.6 is 15.9 Å². The maximum absolute atomic E-state index is 14.0. The van der Waals surface area contributed by atoms with Gasteiger partial charge in [0.15, 0.2) is 0 Å². The van der Waals surface area contributed by atoms with Crippen molar-refractivity contribution in [1.29, 1.82) is 0 Å². The van der Waals surface area contributed by atoms with Crippen LogP contribution in [-0.4, -0.2) is 42.8 Å². The van der Waals surface area contributed by atoms with E-state index in [-0.39, 0.29) is 18.5 Å². The van der Waals surface area contributed by atoms with Gasteiger partial charge in [0, 0.05) is 48.9 Å². The van der Waals surface area contributed by atoms with Crippen LogP contribution in [0.25, 0.3) is 0 Å². The summed E-state index contributed by atoms with van der Waals surface area (Å²) < 4.78 is 14.8. The Morgan fingerprint density at radius 3 is 2.72 bits per heavy atom. The number of hydrogen-bond acceptors (Lipinski definition) is 3. The molecule has 1 fully saturated rings. The predicted octanol–water partition coefficient (Wildman–Crippen LogP) is 1.92. The van der Waals surface area contributed by atoms with Crippen LogP contribution in [0.2, 0.25) is 0 Å². The molecule has 0 saturated carbocycles. The molecule has 0 radical (unpaired) electrons. The van der Waals surface area contributed by atoms with Crippen LogP contribution in [0.3, 0.4) is 0 Å². The normalized spacial score (nSPS) is 18.8. The molecule has 0 bridgehead atoms. The van der Waals surface area contributed by atoms with Crippen LogP contribution < -0.4 is 5.32 Å². The van der Waals surface area contributed by atoms with Gasteiger partial charge in [0.1, 0.15) is 5.82 Å². The van der Waals surface area contributed by atoms with E-state index in [0.717, 1.165) is 30.7 Å². The highest BCUT2D eigenvalue weighted by Crippen LogP contribution is 2.32. The summed E-state index contributed by atoms with van der Waals surface area (Å²) in [4.78, 5) is 2.23. The Morgan fingerprint density at radius 2 is 2.11 bits per heavy atom. The standard InChI is InChI=1S/C13H18BrFN2O/c14-10-2-1-3-11(15)13(10)12(4-9-18)17-7-5-16-6-8-17/h1-3,12,16,18H,4-9H2/t12-/m0/s1. The minimum absolute atomic E-state index is 0.0623. The molecule has 1 aromatic rings. The summed E-state index contributed by atoms with van der Waals surface area (Å²) in [6.45, 7) is 3.65. The van der Waals surface area contributed by atoms with Crippen LogP contribution in [0, 0.1) is 5.82 Å². The molecule has 0 aliphatic carbocycles. The van der Waals surface area contributed by atoms with Crippen molar-refractivity contribution < 1.29 is 9.50 Å². The Hall–Kier alpha value is -0.490. The molecule has 100 valence electrons. The monoisotopic (exact) mass is 316 g/mol. The summed E-state index contributed by atoms with van der Waals surface area (Å²) >= 11 is 3.42. The molecule has 1 atom stereocenters. The van der Waals surface area contributed by atoms with Gasteiger partial charge in [-0.25, -0.2) is 4.39 Å². The Bertz CT molecular complexity index is 376. The summed E-state index contributed by atoms with van der Waals surface area (Å²) in [5.74, 6) is -0.207. The highest BCUT2D eigenvalue weighted by atomic mass is 79.9. The molecule has 0 aromatic heterocycles. The van der Waals surface area contributed by atoms with Crippen molar-refractivity contribution in [3.05, 3.63) is 34.1 Å². The zero-order valence-corrected chi connectivity index (χ0v) is 11.8. The number of nitrogens with zero attached hydrogens (tertiary/aromatic N) is 1. The maximum atomic E-state index is 14.0. The molecule has 2 rings (SSSR count). The van der Waals surface area contributed by atoms with Crippen LogP contribution in [0.5, 0.6) is 0 Å². The first-order valence-electron chi connectivity index (χ1n) is 6.23. The van der Waals surface area contributed by atoms with Crippen molar-refractivity contribution in [3.8, 4) is 0 Å². The van der Waals surface area contributed by atoms with E-state index in [0.29, 0.717) is 12.0 Å². The van der Waals surface area contributed by atoms with E-state index < -0.39 is 0 Å². The Kier molecular flexibility index (Phi) is 5.12. The lowest BCUT2D eigenvalue weighted by Crippen LogP contribution is -2.45. The Morgan fingerprint density at radius 1 is 1.39 bits per heavy atom. The number of hydrogen-bond donors (Lipinski definition) is 2. The highest BCUT2D eigenvalue weighted by Gasteiger charge is 2.25. The fraction of sp³-hybridized carbons (Fsp3) is 0.538. The van der Waals surface area contributed by atoms with Crippen LogP contribution in [0.15, 0.2) is 22.7 Å². The van der Waals surface area contributed by atoms with Crippen molar-refractivity contribution in [2.24, 2.45) is 0 Å². The second-order valence-corrected chi connectivity index (χ2v) is 5.30. The van der Waals surface area contributed by atoms with Crippen molar-refractivity contribution in [3.63, 3.8) is 0 Å². The molecule has 0 spiro atoms. The zero-order valence-electron chi connectivity index (χ0n) is 10.2. The van der Waals surface area contributed by atoms with Gasteiger partial charge in [-0.15, -0.1) is 0 Å². The average Bonchev–Trinajstić information content (AvgIpc) is 2.38. The van der Waals surface area contributed by atoms with Crippen molar-refractivity contribution in [2.45, 2.75) is 12.5 Å². The van der Waals surface area contributed by atoms with Crippen LogP contribution in [-0.2, 0) is 0 Å². The van der Waals surface area contributed by atoms with Gasteiger partial charge in [-0.1, -0.05) is 22.0 Å². The van der Waals surface area contributed by atoms with Crippen molar-refractivity contribution in [2.75, 3.05) is 32.8 Å². The van der Waals surface area contributed by atoms with E-state index in [2.05, 4.69) is 26.1 Å². The molecule has 2 N–H and O–H groups in total. The molecule has 3 nitrogen and oxygen atoms in total. The summed E-state index contributed by atoms with van der Waals surface area (Å²) in [5, 5.41) is 12.5. The molecule has 1 aliphatic rings. The van der Waals surface area contributed by atoms with E-state index in [1.165, 1.54) is 6.07 Å². The van der Waals surface area contributed by atoms with Crippen LogP contribution in [0.4, 0.5) is 4.39 Å². The van der Waals surface area contributed by atoms with Gasteiger partial charge < -0.3 is 10.4 Å². The Labute approximate surface area is 115 Å². The van der Waals surface area contributed by atoms with Crippen molar-refractivity contribution >= 4 is 15.9 Å². The number of rotatable bonds is 4. The van der Waals surface area contributed by atoms with Gasteiger partial charge in [-0.3, -0.25) is 4.90 Å². The first kappa shape index (κ1) is 13.9. The van der Waals surface area contributed by atoms with Gasteiger partial charge in [-0.2, -0.15) is 0 Å².